The zero-order valence-corrected chi connectivity index (χ0v) is 13.3. The van der Waals surface area contributed by atoms with Gasteiger partial charge in [0.1, 0.15) is 0 Å². The van der Waals surface area contributed by atoms with E-state index in [0.717, 1.165) is 13.0 Å². The second kappa shape index (κ2) is 16.9. The van der Waals surface area contributed by atoms with E-state index in [-0.39, 0.29) is 6.54 Å². The fourth-order valence-electron chi connectivity index (χ4n) is 2.17. The van der Waals surface area contributed by atoms with E-state index in [1.165, 1.54) is 57.8 Å². The van der Waals surface area contributed by atoms with Gasteiger partial charge in [-0.1, -0.05) is 64.7 Å². The SMILES string of the molecule is CCCCCCCCCCCCOCCNCC(O)O. The maximum Gasteiger partial charge on any atom is 0.164 e. The quantitative estimate of drug-likeness (QED) is 0.302. The molecule has 0 heterocycles. The van der Waals surface area contributed by atoms with Crippen molar-refractivity contribution in [3.05, 3.63) is 0 Å². The molecule has 0 aliphatic heterocycles. The minimum absolute atomic E-state index is 0.210. The molecule has 0 atom stereocenters. The predicted octanol–water partition coefficient (Wildman–Crippen LogP) is 2.82. The van der Waals surface area contributed by atoms with Crippen LogP contribution >= 0.6 is 0 Å². The van der Waals surface area contributed by atoms with Gasteiger partial charge in [0, 0.05) is 19.7 Å². The van der Waals surface area contributed by atoms with E-state index in [0.29, 0.717) is 13.2 Å². The third kappa shape index (κ3) is 17.8. The minimum Gasteiger partial charge on any atom is -0.380 e. The van der Waals surface area contributed by atoms with E-state index < -0.39 is 6.29 Å². The van der Waals surface area contributed by atoms with Gasteiger partial charge < -0.3 is 20.3 Å². The Morgan fingerprint density at radius 1 is 0.800 bits per heavy atom. The van der Waals surface area contributed by atoms with Crippen molar-refractivity contribution in [3.8, 4) is 0 Å². The van der Waals surface area contributed by atoms with E-state index >= 15 is 0 Å². The van der Waals surface area contributed by atoms with Gasteiger partial charge in [0.2, 0.25) is 0 Å². The highest BCUT2D eigenvalue weighted by atomic mass is 16.5. The first-order chi connectivity index (χ1) is 9.77. The number of unbranched alkanes of at least 4 members (excludes halogenated alkanes) is 9. The molecule has 0 amide bonds. The third-order valence-corrected chi connectivity index (χ3v) is 3.39. The molecule has 0 aromatic rings. The molecule has 122 valence electrons. The van der Waals surface area contributed by atoms with Gasteiger partial charge in [-0.05, 0) is 6.42 Å². The van der Waals surface area contributed by atoms with Gasteiger partial charge in [-0.3, -0.25) is 0 Å². The summed E-state index contributed by atoms with van der Waals surface area (Å²) >= 11 is 0. The maximum absolute atomic E-state index is 8.61. The van der Waals surface area contributed by atoms with E-state index in [9.17, 15) is 0 Å². The van der Waals surface area contributed by atoms with Crippen LogP contribution in [0.4, 0.5) is 0 Å². The Morgan fingerprint density at radius 3 is 1.90 bits per heavy atom. The summed E-state index contributed by atoms with van der Waals surface area (Å²) in [5, 5.41) is 20.1. The zero-order valence-electron chi connectivity index (χ0n) is 13.3. The lowest BCUT2D eigenvalue weighted by Crippen LogP contribution is -2.29. The van der Waals surface area contributed by atoms with Crippen LogP contribution in [0.15, 0.2) is 0 Å². The van der Waals surface area contributed by atoms with E-state index in [2.05, 4.69) is 12.2 Å². The van der Waals surface area contributed by atoms with Gasteiger partial charge >= 0.3 is 0 Å². The largest absolute Gasteiger partial charge is 0.380 e. The molecule has 0 aromatic carbocycles. The Kier molecular flexibility index (Phi) is 16.8. The molecule has 3 N–H and O–H groups in total. The number of rotatable bonds is 16. The van der Waals surface area contributed by atoms with E-state index in [4.69, 9.17) is 14.9 Å². The van der Waals surface area contributed by atoms with Gasteiger partial charge in [0.25, 0.3) is 0 Å². The summed E-state index contributed by atoms with van der Waals surface area (Å²) in [5.41, 5.74) is 0. The lowest BCUT2D eigenvalue weighted by molar-refractivity contribution is -0.0379. The van der Waals surface area contributed by atoms with E-state index in [1.54, 1.807) is 0 Å². The van der Waals surface area contributed by atoms with Crippen LogP contribution < -0.4 is 5.32 Å². The summed E-state index contributed by atoms with van der Waals surface area (Å²) in [4.78, 5) is 0. The molecule has 4 nitrogen and oxygen atoms in total. The van der Waals surface area contributed by atoms with Crippen LogP contribution in [-0.2, 0) is 4.74 Å². The summed E-state index contributed by atoms with van der Waals surface area (Å²) < 4.78 is 5.46. The van der Waals surface area contributed by atoms with Crippen LogP contribution in [0.3, 0.4) is 0 Å². The highest BCUT2D eigenvalue weighted by Gasteiger charge is 1.96. The highest BCUT2D eigenvalue weighted by Crippen LogP contribution is 2.10. The molecular formula is C16H35NO3. The standard InChI is InChI=1S/C16H35NO3/c1-2-3-4-5-6-7-8-9-10-11-13-20-14-12-17-15-16(18)19/h16-19H,2-15H2,1H3. The molecule has 20 heavy (non-hydrogen) atoms. The predicted molar refractivity (Wildman–Crippen MR) is 83.8 cm³/mol. The van der Waals surface area contributed by atoms with Gasteiger partial charge in [-0.2, -0.15) is 0 Å². The molecular weight excluding hydrogens is 254 g/mol. The van der Waals surface area contributed by atoms with Crippen molar-refractivity contribution >= 4 is 0 Å². The number of aliphatic hydroxyl groups is 2. The second-order valence-corrected chi connectivity index (χ2v) is 5.48. The highest BCUT2D eigenvalue weighted by molar-refractivity contribution is 4.49. The number of nitrogens with one attached hydrogen (secondary N) is 1. The Balaban J connectivity index is 2.92. The van der Waals surface area contributed by atoms with E-state index in [1.807, 2.05) is 0 Å². The molecule has 4 heteroatoms. The van der Waals surface area contributed by atoms with Crippen molar-refractivity contribution in [1.82, 2.24) is 5.32 Å². The molecule has 0 unspecified atom stereocenters. The molecule has 0 aliphatic carbocycles. The van der Waals surface area contributed by atoms with Crippen LogP contribution in [0.1, 0.15) is 71.1 Å². The maximum atomic E-state index is 8.61. The first-order valence-corrected chi connectivity index (χ1v) is 8.42. The first kappa shape index (κ1) is 19.8. The van der Waals surface area contributed by atoms with Crippen LogP contribution in [-0.4, -0.2) is 42.8 Å². The van der Waals surface area contributed by atoms with Crippen molar-refractivity contribution in [2.75, 3.05) is 26.3 Å². The van der Waals surface area contributed by atoms with Crippen molar-refractivity contribution in [2.45, 2.75) is 77.4 Å². The molecule has 0 saturated carbocycles. The second-order valence-electron chi connectivity index (χ2n) is 5.48. The van der Waals surface area contributed by atoms with Crippen molar-refractivity contribution in [2.24, 2.45) is 0 Å². The zero-order chi connectivity index (χ0) is 14.9. The molecule has 0 aromatic heterocycles. The van der Waals surface area contributed by atoms with Gasteiger partial charge in [-0.15, -0.1) is 0 Å². The molecule has 0 fully saturated rings. The Morgan fingerprint density at radius 2 is 1.35 bits per heavy atom. The van der Waals surface area contributed by atoms with Crippen molar-refractivity contribution in [1.29, 1.82) is 0 Å². The lowest BCUT2D eigenvalue weighted by atomic mass is 10.1. The lowest BCUT2D eigenvalue weighted by Gasteiger charge is -2.07. The van der Waals surface area contributed by atoms with Crippen LogP contribution in [0, 0.1) is 0 Å². The molecule has 0 aliphatic rings. The minimum atomic E-state index is -1.27. The topological polar surface area (TPSA) is 61.7 Å². The Labute approximate surface area is 124 Å². The average Bonchev–Trinajstić information content (AvgIpc) is 2.43. The van der Waals surface area contributed by atoms with Crippen LogP contribution in [0.2, 0.25) is 0 Å². The van der Waals surface area contributed by atoms with Crippen LogP contribution in [0.5, 0.6) is 0 Å². The average molecular weight is 289 g/mol. The molecule has 0 saturated heterocycles. The fourth-order valence-corrected chi connectivity index (χ4v) is 2.17. The summed E-state index contributed by atoms with van der Waals surface area (Å²) in [6.07, 6.45) is 12.1. The number of ether oxygens (including phenoxy) is 1. The smallest absolute Gasteiger partial charge is 0.164 e. The summed E-state index contributed by atoms with van der Waals surface area (Å²) in [6.45, 7) is 4.61. The molecule has 0 radical (unpaired) electrons. The van der Waals surface area contributed by atoms with Gasteiger partial charge in [0.15, 0.2) is 6.29 Å². The number of hydrogen-bond donors (Lipinski definition) is 3. The summed E-state index contributed by atoms with van der Waals surface area (Å²) in [7, 11) is 0. The Bertz CT molecular complexity index is 177. The number of aliphatic hydroxyl groups excluding tert-OH is 1. The fraction of sp³-hybridized carbons (Fsp3) is 1.00. The van der Waals surface area contributed by atoms with Crippen molar-refractivity contribution < 1.29 is 14.9 Å². The molecule has 0 bridgehead atoms. The molecule has 0 rings (SSSR count). The monoisotopic (exact) mass is 289 g/mol. The van der Waals surface area contributed by atoms with Crippen molar-refractivity contribution in [3.63, 3.8) is 0 Å². The number of hydrogen-bond acceptors (Lipinski definition) is 4. The van der Waals surface area contributed by atoms with Gasteiger partial charge in [-0.25, -0.2) is 0 Å². The Hall–Kier alpha value is -0.160. The summed E-state index contributed by atoms with van der Waals surface area (Å²) in [6, 6.07) is 0. The van der Waals surface area contributed by atoms with Gasteiger partial charge in [0.05, 0.1) is 6.61 Å². The summed E-state index contributed by atoms with van der Waals surface area (Å²) in [5.74, 6) is 0. The third-order valence-electron chi connectivity index (χ3n) is 3.39. The normalized spacial score (nSPS) is 11.4. The molecule has 0 spiro atoms. The van der Waals surface area contributed by atoms with Crippen LogP contribution in [0.25, 0.3) is 0 Å². The first-order valence-electron chi connectivity index (χ1n) is 8.42.